The van der Waals surface area contributed by atoms with Crippen LogP contribution in [0, 0.1) is 5.92 Å². The van der Waals surface area contributed by atoms with E-state index in [0.717, 1.165) is 4.31 Å². The lowest BCUT2D eigenvalue weighted by molar-refractivity contribution is 0.0866. The van der Waals surface area contributed by atoms with Crippen molar-refractivity contribution in [2.24, 2.45) is 11.7 Å². The van der Waals surface area contributed by atoms with Crippen LogP contribution in [0.3, 0.4) is 0 Å². The molecule has 0 saturated heterocycles. The minimum atomic E-state index is -3.87. The number of pyridine rings is 1. The summed E-state index contributed by atoms with van der Waals surface area (Å²) in [6.45, 7) is 1.61. The van der Waals surface area contributed by atoms with Gasteiger partial charge in [-0.05, 0) is 12.1 Å². The molecule has 6 nitrogen and oxygen atoms in total. The van der Waals surface area contributed by atoms with Crippen LogP contribution in [0.2, 0.25) is 0 Å². The average molecular weight is 285 g/mol. The molecule has 0 radical (unpaired) electrons. The van der Waals surface area contributed by atoms with Crippen LogP contribution >= 0.6 is 12.2 Å². The lowest BCUT2D eigenvalue weighted by atomic mass is 10.2. The Bertz CT molecular complexity index is 627. The molecule has 0 aliphatic carbocycles. The summed E-state index contributed by atoms with van der Waals surface area (Å²) in [5, 5.41) is -0.204. The van der Waals surface area contributed by atoms with Gasteiger partial charge in [-0.15, -0.1) is 0 Å². The summed E-state index contributed by atoms with van der Waals surface area (Å²) in [5.41, 5.74) is 5.53. The molecule has 1 unspecified atom stereocenters. The van der Waals surface area contributed by atoms with E-state index in [1.54, 1.807) is 6.92 Å². The zero-order chi connectivity index (χ0) is 13.5. The highest BCUT2D eigenvalue weighted by atomic mass is 32.2. The number of nitrogens with two attached hydrogens (primary N) is 1. The van der Waals surface area contributed by atoms with Crippen LogP contribution in [-0.2, 0) is 10.0 Å². The molecule has 96 valence electrons. The van der Waals surface area contributed by atoms with Gasteiger partial charge in [0.2, 0.25) is 0 Å². The first-order chi connectivity index (χ1) is 8.35. The summed E-state index contributed by atoms with van der Waals surface area (Å²) in [7, 11) is -3.87. The zero-order valence-corrected chi connectivity index (χ0v) is 11.2. The molecule has 1 aromatic rings. The molecule has 1 amide bonds. The Morgan fingerprint density at radius 3 is 2.83 bits per heavy atom. The highest BCUT2D eigenvalue weighted by molar-refractivity contribution is 7.90. The standard InChI is InChI=1S/C10H11N3O3S2/c1-6(8(11)17)5-13-10(14)7-3-2-4-12-9(7)18(13,15)16/h2-4,6H,5H2,1H3,(H2,11,17). The average Bonchev–Trinajstić information content (AvgIpc) is 2.51. The van der Waals surface area contributed by atoms with Gasteiger partial charge in [0.1, 0.15) is 0 Å². The molecule has 2 heterocycles. The number of hydrogen-bond acceptors (Lipinski definition) is 5. The quantitative estimate of drug-likeness (QED) is 0.794. The van der Waals surface area contributed by atoms with E-state index in [-0.39, 0.29) is 28.0 Å². The maximum atomic E-state index is 12.1. The number of hydrogen-bond donors (Lipinski definition) is 1. The Labute approximate surface area is 110 Å². The number of amides is 1. The van der Waals surface area contributed by atoms with Gasteiger partial charge >= 0.3 is 0 Å². The number of nitrogens with zero attached hydrogens (tertiary/aromatic N) is 2. The SMILES string of the molecule is CC(CN1C(=O)c2cccnc2S1(=O)=O)C(N)=S. The fraction of sp³-hybridized carbons (Fsp3) is 0.300. The van der Waals surface area contributed by atoms with Crippen LogP contribution in [0.25, 0.3) is 0 Å². The van der Waals surface area contributed by atoms with Gasteiger partial charge in [-0.25, -0.2) is 9.29 Å². The molecule has 18 heavy (non-hydrogen) atoms. The van der Waals surface area contributed by atoms with E-state index in [1.807, 2.05) is 0 Å². The van der Waals surface area contributed by atoms with E-state index in [1.165, 1.54) is 18.3 Å². The normalized spacial score (nSPS) is 18.5. The first-order valence-electron chi connectivity index (χ1n) is 5.17. The van der Waals surface area contributed by atoms with Gasteiger partial charge in [-0.1, -0.05) is 19.1 Å². The molecule has 1 aliphatic rings. The van der Waals surface area contributed by atoms with Crippen molar-refractivity contribution in [1.29, 1.82) is 0 Å². The van der Waals surface area contributed by atoms with Gasteiger partial charge in [-0.2, -0.15) is 8.42 Å². The van der Waals surface area contributed by atoms with Crippen LogP contribution in [0.5, 0.6) is 0 Å². The van der Waals surface area contributed by atoms with E-state index in [9.17, 15) is 13.2 Å². The van der Waals surface area contributed by atoms with Crippen LogP contribution in [-0.4, -0.2) is 35.1 Å². The van der Waals surface area contributed by atoms with Crippen molar-refractivity contribution >= 4 is 33.1 Å². The van der Waals surface area contributed by atoms with Crippen molar-refractivity contribution in [1.82, 2.24) is 9.29 Å². The molecule has 0 bridgehead atoms. The third-order valence-electron chi connectivity index (χ3n) is 2.69. The maximum Gasteiger partial charge on any atom is 0.285 e. The summed E-state index contributed by atoms with van der Waals surface area (Å²) < 4.78 is 25.0. The monoisotopic (exact) mass is 285 g/mol. The minimum absolute atomic E-state index is 0.0626. The Hall–Kier alpha value is -1.54. The Morgan fingerprint density at radius 1 is 1.61 bits per heavy atom. The van der Waals surface area contributed by atoms with Gasteiger partial charge in [0.25, 0.3) is 15.9 Å². The molecule has 2 N–H and O–H groups in total. The molecule has 2 rings (SSSR count). The number of rotatable bonds is 3. The number of carbonyl (C=O) groups excluding carboxylic acids is 1. The topological polar surface area (TPSA) is 93.4 Å². The van der Waals surface area contributed by atoms with E-state index < -0.39 is 15.9 Å². The predicted molar refractivity (Wildman–Crippen MR) is 68.4 cm³/mol. The third kappa shape index (κ3) is 1.87. The highest BCUT2D eigenvalue weighted by Gasteiger charge is 2.42. The molecule has 8 heteroatoms. The molecule has 0 saturated carbocycles. The predicted octanol–water partition coefficient (Wildman–Crippen LogP) is 0.148. The second kappa shape index (κ2) is 4.29. The van der Waals surface area contributed by atoms with Crippen molar-refractivity contribution in [3.05, 3.63) is 23.9 Å². The maximum absolute atomic E-state index is 12.1. The van der Waals surface area contributed by atoms with Crippen LogP contribution in [0.1, 0.15) is 17.3 Å². The number of fused-ring (bicyclic) bond motifs is 1. The molecule has 0 aromatic carbocycles. The Balaban J connectivity index is 2.43. The van der Waals surface area contributed by atoms with Crippen molar-refractivity contribution in [2.45, 2.75) is 11.9 Å². The Morgan fingerprint density at radius 2 is 2.28 bits per heavy atom. The summed E-state index contributed by atoms with van der Waals surface area (Å²) in [6, 6.07) is 2.96. The summed E-state index contributed by atoms with van der Waals surface area (Å²) in [6.07, 6.45) is 1.34. The van der Waals surface area contributed by atoms with Crippen molar-refractivity contribution < 1.29 is 13.2 Å². The molecule has 1 atom stereocenters. The van der Waals surface area contributed by atoms with E-state index in [0.29, 0.717) is 0 Å². The van der Waals surface area contributed by atoms with E-state index in [2.05, 4.69) is 4.98 Å². The van der Waals surface area contributed by atoms with E-state index in [4.69, 9.17) is 18.0 Å². The lowest BCUT2D eigenvalue weighted by Crippen LogP contribution is -2.37. The second-order valence-electron chi connectivity index (χ2n) is 4.00. The van der Waals surface area contributed by atoms with Crippen molar-refractivity contribution in [3.8, 4) is 0 Å². The smallest absolute Gasteiger partial charge is 0.285 e. The third-order valence-corrected chi connectivity index (χ3v) is 4.80. The summed E-state index contributed by atoms with van der Waals surface area (Å²) in [4.78, 5) is 15.9. The summed E-state index contributed by atoms with van der Waals surface area (Å²) >= 11 is 4.78. The second-order valence-corrected chi connectivity index (χ2v) is 6.25. The lowest BCUT2D eigenvalue weighted by Gasteiger charge is -2.18. The molecular weight excluding hydrogens is 274 g/mol. The van der Waals surface area contributed by atoms with Gasteiger partial charge < -0.3 is 5.73 Å². The van der Waals surface area contributed by atoms with Gasteiger partial charge in [0, 0.05) is 18.7 Å². The molecular formula is C10H11N3O3S2. The van der Waals surface area contributed by atoms with Crippen LogP contribution in [0.4, 0.5) is 0 Å². The first-order valence-corrected chi connectivity index (χ1v) is 7.02. The van der Waals surface area contributed by atoms with Crippen LogP contribution in [0.15, 0.2) is 23.4 Å². The molecule has 1 aliphatic heterocycles. The van der Waals surface area contributed by atoms with Gasteiger partial charge in [0.15, 0.2) is 5.03 Å². The fourth-order valence-electron chi connectivity index (χ4n) is 1.63. The zero-order valence-electron chi connectivity index (χ0n) is 9.53. The Kier molecular flexibility index (Phi) is 3.07. The number of aromatic nitrogens is 1. The first kappa shape index (κ1) is 12.9. The van der Waals surface area contributed by atoms with Crippen molar-refractivity contribution in [2.75, 3.05) is 6.54 Å². The summed E-state index contributed by atoms with van der Waals surface area (Å²) in [5.74, 6) is -0.964. The number of carbonyl (C=O) groups is 1. The van der Waals surface area contributed by atoms with Crippen molar-refractivity contribution in [3.63, 3.8) is 0 Å². The highest BCUT2D eigenvalue weighted by Crippen LogP contribution is 2.28. The minimum Gasteiger partial charge on any atom is -0.393 e. The van der Waals surface area contributed by atoms with E-state index >= 15 is 0 Å². The van der Waals surface area contributed by atoms with Gasteiger partial charge in [-0.3, -0.25) is 4.79 Å². The van der Waals surface area contributed by atoms with Gasteiger partial charge in [0.05, 0.1) is 10.6 Å². The largest absolute Gasteiger partial charge is 0.393 e. The van der Waals surface area contributed by atoms with Crippen LogP contribution < -0.4 is 5.73 Å². The molecule has 0 fully saturated rings. The fourth-order valence-corrected chi connectivity index (χ4v) is 3.27. The number of thiocarbonyl (C=S) groups is 1. The molecule has 1 aromatic heterocycles. The number of sulfonamides is 1. The molecule has 0 spiro atoms.